The standard InChI is InChI=1S/C10H15NO2S/c1-8(2)9-4-6-10(7-5-9)14(12,13)11-3/h4-8,11H,1-3H3. The third kappa shape index (κ3) is 2.33. The van der Waals surface area contributed by atoms with Crippen LogP contribution in [-0.2, 0) is 10.0 Å². The lowest BCUT2D eigenvalue weighted by Crippen LogP contribution is -2.18. The Bertz CT molecular complexity index is 393. The molecule has 3 nitrogen and oxygen atoms in total. The normalized spacial score (nSPS) is 12.0. The predicted octanol–water partition coefficient (Wildman–Crippen LogP) is 1.72. The van der Waals surface area contributed by atoms with Gasteiger partial charge in [-0.05, 0) is 30.7 Å². The fraction of sp³-hybridized carbons (Fsp3) is 0.400. The maximum Gasteiger partial charge on any atom is 0.240 e. The van der Waals surface area contributed by atoms with Crippen LogP contribution in [-0.4, -0.2) is 15.5 Å². The van der Waals surface area contributed by atoms with Crippen molar-refractivity contribution in [3.63, 3.8) is 0 Å². The van der Waals surface area contributed by atoms with Gasteiger partial charge in [0.2, 0.25) is 10.0 Å². The molecule has 0 spiro atoms. The molecule has 4 heteroatoms. The molecule has 1 aromatic rings. The van der Waals surface area contributed by atoms with Gasteiger partial charge in [0.1, 0.15) is 0 Å². The van der Waals surface area contributed by atoms with Crippen LogP contribution in [0.1, 0.15) is 25.3 Å². The smallest absolute Gasteiger partial charge is 0.214 e. The Balaban J connectivity index is 3.06. The van der Waals surface area contributed by atoms with Gasteiger partial charge in [-0.1, -0.05) is 26.0 Å². The number of sulfonamides is 1. The summed E-state index contributed by atoms with van der Waals surface area (Å²) in [7, 11) is -1.88. The van der Waals surface area contributed by atoms with Gasteiger partial charge in [-0.3, -0.25) is 0 Å². The summed E-state index contributed by atoms with van der Waals surface area (Å²) in [6.45, 7) is 4.14. The van der Waals surface area contributed by atoms with E-state index in [0.717, 1.165) is 5.56 Å². The van der Waals surface area contributed by atoms with Crippen LogP contribution in [0.5, 0.6) is 0 Å². The van der Waals surface area contributed by atoms with Crippen molar-refractivity contribution in [2.75, 3.05) is 7.05 Å². The molecule has 0 bridgehead atoms. The van der Waals surface area contributed by atoms with Crippen molar-refractivity contribution in [3.05, 3.63) is 29.8 Å². The van der Waals surface area contributed by atoms with Gasteiger partial charge >= 0.3 is 0 Å². The molecule has 0 aliphatic carbocycles. The monoisotopic (exact) mass is 213 g/mol. The van der Waals surface area contributed by atoms with Gasteiger partial charge in [0.05, 0.1) is 4.90 Å². The van der Waals surface area contributed by atoms with Crippen molar-refractivity contribution in [2.24, 2.45) is 0 Å². The fourth-order valence-corrected chi connectivity index (χ4v) is 1.88. The Hall–Kier alpha value is -0.870. The molecule has 78 valence electrons. The first-order valence-electron chi connectivity index (χ1n) is 4.51. The molecule has 0 heterocycles. The third-order valence-corrected chi connectivity index (χ3v) is 3.56. The van der Waals surface area contributed by atoms with Crippen molar-refractivity contribution in [1.29, 1.82) is 0 Å². The maximum absolute atomic E-state index is 11.4. The maximum atomic E-state index is 11.4. The average Bonchev–Trinajstić information content (AvgIpc) is 2.18. The zero-order valence-electron chi connectivity index (χ0n) is 8.61. The molecule has 0 aliphatic rings. The lowest BCUT2D eigenvalue weighted by molar-refractivity contribution is 0.588. The predicted molar refractivity (Wildman–Crippen MR) is 56.8 cm³/mol. The molecule has 0 saturated carbocycles. The first-order chi connectivity index (χ1) is 6.47. The minimum absolute atomic E-state index is 0.310. The van der Waals surface area contributed by atoms with Gasteiger partial charge in [0.25, 0.3) is 0 Å². The molecule has 0 radical (unpaired) electrons. The molecule has 0 unspecified atom stereocenters. The Morgan fingerprint density at radius 2 is 1.64 bits per heavy atom. The molecule has 0 amide bonds. The third-order valence-electron chi connectivity index (χ3n) is 2.13. The second-order valence-corrected chi connectivity index (χ2v) is 5.32. The van der Waals surface area contributed by atoms with Crippen LogP contribution < -0.4 is 4.72 Å². The van der Waals surface area contributed by atoms with Gasteiger partial charge in [-0.2, -0.15) is 0 Å². The van der Waals surface area contributed by atoms with Crippen LogP contribution in [0.2, 0.25) is 0 Å². The SMILES string of the molecule is CNS(=O)(=O)c1ccc(C(C)C)cc1. The van der Waals surface area contributed by atoms with Crippen LogP contribution in [0.4, 0.5) is 0 Å². The van der Waals surface area contributed by atoms with E-state index in [9.17, 15) is 8.42 Å². The van der Waals surface area contributed by atoms with Crippen LogP contribution in [0.3, 0.4) is 0 Å². The summed E-state index contributed by atoms with van der Waals surface area (Å²) in [5.41, 5.74) is 1.14. The van der Waals surface area contributed by atoms with Crippen LogP contribution in [0.25, 0.3) is 0 Å². The largest absolute Gasteiger partial charge is 0.240 e. The number of hydrogen-bond acceptors (Lipinski definition) is 2. The minimum Gasteiger partial charge on any atom is -0.214 e. The fourth-order valence-electron chi connectivity index (χ4n) is 1.15. The highest BCUT2D eigenvalue weighted by atomic mass is 32.2. The summed E-state index contributed by atoms with van der Waals surface area (Å²) in [5, 5.41) is 0. The second-order valence-electron chi connectivity index (χ2n) is 3.43. The highest BCUT2D eigenvalue weighted by molar-refractivity contribution is 7.89. The molecule has 14 heavy (non-hydrogen) atoms. The van der Waals surface area contributed by atoms with Crippen molar-refractivity contribution < 1.29 is 8.42 Å². The number of hydrogen-bond donors (Lipinski definition) is 1. The lowest BCUT2D eigenvalue weighted by Gasteiger charge is -2.06. The first-order valence-corrected chi connectivity index (χ1v) is 5.99. The van der Waals surface area contributed by atoms with Crippen molar-refractivity contribution >= 4 is 10.0 Å². The lowest BCUT2D eigenvalue weighted by atomic mass is 10.0. The topological polar surface area (TPSA) is 46.2 Å². The number of benzene rings is 1. The van der Waals surface area contributed by atoms with Gasteiger partial charge < -0.3 is 0 Å². The Morgan fingerprint density at radius 3 is 2.00 bits per heavy atom. The molecule has 1 N–H and O–H groups in total. The summed E-state index contributed by atoms with van der Waals surface area (Å²) in [6.07, 6.45) is 0. The Kier molecular flexibility index (Phi) is 3.29. The molecule has 0 saturated heterocycles. The Labute approximate surface area is 85.2 Å². The van der Waals surface area contributed by atoms with E-state index in [1.54, 1.807) is 12.1 Å². The van der Waals surface area contributed by atoms with E-state index in [1.165, 1.54) is 7.05 Å². The quantitative estimate of drug-likeness (QED) is 0.831. The highest BCUT2D eigenvalue weighted by Gasteiger charge is 2.10. The van der Waals surface area contributed by atoms with E-state index in [2.05, 4.69) is 18.6 Å². The molecular formula is C10H15NO2S. The number of rotatable bonds is 3. The Morgan fingerprint density at radius 1 is 1.14 bits per heavy atom. The van der Waals surface area contributed by atoms with Gasteiger partial charge in [-0.15, -0.1) is 0 Å². The summed E-state index contributed by atoms with van der Waals surface area (Å²) >= 11 is 0. The van der Waals surface area contributed by atoms with Gasteiger partial charge in [0, 0.05) is 0 Å². The molecule has 1 aromatic carbocycles. The van der Waals surface area contributed by atoms with Gasteiger partial charge in [-0.25, -0.2) is 13.1 Å². The second kappa shape index (κ2) is 4.11. The molecule has 1 rings (SSSR count). The van der Waals surface area contributed by atoms with E-state index < -0.39 is 10.0 Å². The summed E-state index contributed by atoms with van der Waals surface area (Å²) in [4.78, 5) is 0.310. The molecule has 0 aliphatic heterocycles. The van der Waals surface area contributed by atoms with Crippen LogP contribution >= 0.6 is 0 Å². The van der Waals surface area contributed by atoms with E-state index in [4.69, 9.17) is 0 Å². The van der Waals surface area contributed by atoms with Crippen molar-refractivity contribution in [1.82, 2.24) is 4.72 Å². The first kappa shape index (κ1) is 11.2. The summed E-state index contributed by atoms with van der Waals surface area (Å²) in [6, 6.07) is 6.94. The zero-order chi connectivity index (χ0) is 10.8. The summed E-state index contributed by atoms with van der Waals surface area (Å²) < 4.78 is 25.0. The van der Waals surface area contributed by atoms with Crippen LogP contribution in [0, 0.1) is 0 Å². The van der Waals surface area contributed by atoms with Gasteiger partial charge in [0.15, 0.2) is 0 Å². The molecule has 0 aromatic heterocycles. The highest BCUT2D eigenvalue weighted by Crippen LogP contribution is 2.16. The molecule has 0 atom stereocenters. The van der Waals surface area contributed by atoms with Crippen molar-refractivity contribution in [2.45, 2.75) is 24.7 Å². The van der Waals surface area contributed by atoms with E-state index in [0.29, 0.717) is 10.8 Å². The summed E-state index contributed by atoms with van der Waals surface area (Å²) in [5.74, 6) is 0.418. The van der Waals surface area contributed by atoms with E-state index in [1.807, 2.05) is 12.1 Å². The molecular weight excluding hydrogens is 198 g/mol. The average molecular weight is 213 g/mol. The molecule has 0 fully saturated rings. The van der Waals surface area contributed by atoms with Crippen LogP contribution in [0.15, 0.2) is 29.2 Å². The van der Waals surface area contributed by atoms with E-state index in [-0.39, 0.29) is 0 Å². The minimum atomic E-state index is -3.29. The zero-order valence-corrected chi connectivity index (χ0v) is 9.43. The number of nitrogens with one attached hydrogen (secondary N) is 1. The van der Waals surface area contributed by atoms with E-state index >= 15 is 0 Å². The van der Waals surface area contributed by atoms with Crippen molar-refractivity contribution in [3.8, 4) is 0 Å².